The van der Waals surface area contributed by atoms with Crippen LogP contribution >= 0.6 is 0 Å². The van der Waals surface area contributed by atoms with Crippen molar-refractivity contribution >= 4 is 0 Å². The van der Waals surface area contributed by atoms with Gasteiger partial charge >= 0.3 is 0 Å². The third kappa shape index (κ3) is 4.89. The van der Waals surface area contributed by atoms with Crippen molar-refractivity contribution in [2.24, 2.45) is 0 Å². The summed E-state index contributed by atoms with van der Waals surface area (Å²) in [5, 5.41) is 20.1. The first kappa shape index (κ1) is 27.2. The highest BCUT2D eigenvalue weighted by molar-refractivity contribution is 5.61. The van der Waals surface area contributed by atoms with E-state index in [1.807, 2.05) is 48.5 Å². The van der Waals surface area contributed by atoms with Crippen LogP contribution in [0.5, 0.6) is 34.5 Å². The Morgan fingerprint density at radius 2 is 1.15 bits per heavy atom. The Balaban J connectivity index is 1.84. The zero-order valence-corrected chi connectivity index (χ0v) is 23.3. The Kier molecular flexibility index (Phi) is 7.76. The minimum atomic E-state index is -0.388. The molecular formula is C33H34O7. The number of hydrogen-bond acceptors (Lipinski definition) is 7. The molecule has 7 heteroatoms. The molecular weight excluding hydrogens is 508 g/mol. The molecule has 1 aliphatic rings. The highest BCUT2D eigenvalue weighted by Crippen LogP contribution is 2.62. The minimum absolute atomic E-state index is 0.164. The lowest BCUT2D eigenvalue weighted by Gasteiger charge is -2.32. The molecule has 0 spiro atoms. The van der Waals surface area contributed by atoms with Gasteiger partial charge in [-0.25, -0.2) is 0 Å². The van der Waals surface area contributed by atoms with Crippen LogP contribution in [0.2, 0.25) is 0 Å². The molecule has 2 N–H and O–H groups in total. The molecule has 40 heavy (non-hydrogen) atoms. The summed E-state index contributed by atoms with van der Waals surface area (Å²) in [7, 11) is 8.28. The van der Waals surface area contributed by atoms with Gasteiger partial charge in [0.05, 0.1) is 34.5 Å². The van der Waals surface area contributed by atoms with E-state index in [0.717, 1.165) is 27.8 Å². The van der Waals surface area contributed by atoms with Gasteiger partial charge in [-0.15, -0.1) is 0 Å². The Hall–Kier alpha value is -4.36. The van der Waals surface area contributed by atoms with E-state index in [1.54, 1.807) is 59.8 Å². The van der Waals surface area contributed by atoms with Crippen molar-refractivity contribution in [2.45, 2.75) is 23.9 Å². The molecule has 0 amide bonds. The van der Waals surface area contributed by atoms with Gasteiger partial charge in [0.2, 0.25) is 0 Å². The second-order valence-electron chi connectivity index (χ2n) is 9.85. The van der Waals surface area contributed by atoms with Crippen molar-refractivity contribution in [2.75, 3.05) is 35.5 Å². The predicted molar refractivity (Wildman–Crippen MR) is 152 cm³/mol. The summed E-state index contributed by atoms with van der Waals surface area (Å²) in [6.45, 7) is 0. The summed E-state index contributed by atoms with van der Waals surface area (Å²) < 4.78 is 29.3. The molecule has 4 aromatic carbocycles. The van der Waals surface area contributed by atoms with Crippen molar-refractivity contribution in [3.8, 4) is 34.5 Å². The van der Waals surface area contributed by atoms with Crippen LogP contribution in [0.3, 0.4) is 0 Å². The van der Waals surface area contributed by atoms with Gasteiger partial charge in [-0.3, -0.25) is 0 Å². The van der Waals surface area contributed by atoms with E-state index < -0.39 is 0 Å². The van der Waals surface area contributed by atoms with Crippen molar-refractivity contribution in [3.05, 3.63) is 107 Å². The lowest BCUT2D eigenvalue weighted by molar-refractivity contribution is 0.0717. The first-order valence-corrected chi connectivity index (χ1v) is 13.0. The lowest BCUT2D eigenvalue weighted by Crippen LogP contribution is -2.20. The maximum atomic E-state index is 10.1. The van der Waals surface area contributed by atoms with Crippen molar-refractivity contribution in [1.29, 1.82) is 0 Å². The van der Waals surface area contributed by atoms with Crippen LogP contribution in [-0.2, 0) is 4.74 Å². The molecule has 0 bridgehead atoms. The molecule has 0 saturated heterocycles. The highest BCUT2D eigenvalue weighted by Gasteiger charge is 2.48. The zero-order chi connectivity index (χ0) is 28.4. The SMILES string of the molecule is COc1cc(OC)cc([C@@H]2[C@@H](c3ccc(O)cc3)c3c(OC)cc(OC)cc3[C@H]2[C@@H](OC)c2ccc(O)cc2)c1. The molecule has 0 aliphatic heterocycles. The first-order chi connectivity index (χ1) is 19.4. The van der Waals surface area contributed by atoms with E-state index in [1.165, 1.54) is 0 Å². The molecule has 1 aliphatic carbocycles. The molecule has 4 atom stereocenters. The van der Waals surface area contributed by atoms with E-state index in [2.05, 4.69) is 6.07 Å². The Morgan fingerprint density at radius 1 is 0.600 bits per heavy atom. The number of aromatic hydroxyl groups is 2. The maximum absolute atomic E-state index is 10.1. The van der Waals surface area contributed by atoms with Gasteiger partial charge in [0.1, 0.15) is 34.5 Å². The normalized spacial score (nSPS) is 18.6. The second kappa shape index (κ2) is 11.4. The minimum Gasteiger partial charge on any atom is -0.508 e. The number of phenols is 2. The van der Waals surface area contributed by atoms with Gasteiger partial charge in [0.15, 0.2) is 0 Å². The quantitative estimate of drug-likeness (QED) is 0.249. The van der Waals surface area contributed by atoms with Crippen LogP contribution < -0.4 is 18.9 Å². The van der Waals surface area contributed by atoms with E-state index in [4.69, 9.17) is 23.7 Å². The van der Waals surface area contributed by atoms with Crippen LogP contribution in [0, 0.1) is 0 Å². The molecule has 0 unspecified atom stereocenters. The first-order valence-electron chi connectivity index (χ1n) is 13.0. The number of phenolic OH excluding ortho intramolecular Hbond substituents is 2. The third-order valence-corrected chi connectivity index (χ3v) is 7.83. The topological polar surface area (TPSA) is 86.6 Å². The lowest BCUT2D eigenvalue weighted by atomic mass is 9.74. The summed E-state index contributed by atoms with van der Waals surface area (Å²) in [6, 6.07) is 24.3. The smallest absolute Gasteiger partial charge is 0.126 e. The van der Waals surface area contributed by atoms with Gasteiger partial charge < -0.3 is 33.9 Å². The van der Waals surface area contributed by atoms with Gasteiger partial charge in [-0.1, -0.05) is 24.3 Å². The Labute approximate surface area is 234 Å². The van der Waals surface area contributed by atoms with E-state index >= 15 is 0 Å². The van der Waals surface area contributed by atoms with Crippen LogP contribution in [0.15, 0.2) is 78.9 Å². The summed E-state index contributed by atoms with van der Waals surface area (Å²) in [5.41, 5.74) is 4.98. The Bertz CT molecular complexity index is 1440. The average Bonchev–Trinajstić information content (AvgIpc) is 3.32. The van der Waals surface area contributed by atoms with Crippen LogP contribution in [0.4, 0.5) is 0 Å². The van der Waals surface area contributed by atoms with Gasteiger partial charge in [0, 0.05) is 42.6 Å². The average molecular weight is 543 g/mol. The number of ether oxygens (including phenoxy) is 5. The fourth-order valence-electron chi connectivity index (χ4n) is 6.08. The second-order valence-corrected chi connectivity index (χ2v) is 9.85. The highest BCUT2D eigenvalue weighted by atomic mass is 16.5. The van der Waals surface area contributed by atoms with Gasteiger partial charge in [-0.2, -0.15) is 0 Å². The summed E-state index contributed by atoms with van der Waals surface area (Å²) in [5.74, 6) is 2.57. The molecule has 0 radical (unpaired) electrons. The zero-order valence-electron chi connectivity index (χ0n) is 23.3. The molecule has 5 rings (SSSR count). The standard InChI is InChI=1S/C33H34O7/c1-36-24-14-21(15-25(16-24)37-2)30-29(19-6-10-22(34)11-7-19)31-27(17-26(38-3)18-28(31)39-4)32(30)33(40-5)20-8-12-23(35)13-9-20/h6-18,29-30,32-35H,1-5H3/t29-,30-,32-,33+/m1/s1. The molecule has 208 valence electrons. The molecule has 0 heterocycles. The van der Waals surface area contributed by atoms with Crippen LogP contribution in [-0.4, -0.2) is 45.8 Å². The maximum Gasteiger partial charge on any atom is 0.126 e. The number of fused-ring (bicyclic) bond motifs is 1. The summed E-state index contributed by atoms with van der Waals surface area (Å²) >= 11 is 0. The fourth-order valence-corrected chi connectivity index (χ4v) is 6.08. The number of hydrogen-bond donors (Lipinski definition) is 2. The van der Waals surface area contributed by atoms with Crippen molar-refractivity contribution in [1.82, 2.24) is 0 Å². The van der Waals surface area contributed by atoms with Crippen LogP contribution in [0.1, 0.15) is 51.7 Å². The van der Waals surface area contributed by atoms with Crippen molar-refractivity contribution in [3.63, 3.8) is 0 Å². The van der Waals surface area contributed by atoms with Crippen LogP contribution in [0.25, 0.3) is 0 Å². The number of benzene rings is 4. The third-order valence-electron chi connectivity index (χ3n) is 7.83. The molecule has 4 aromatic rings. The van der Waals surface area contributed by atoms with Gasteiger partial charge in [-0.05, 0) is 64.7 Å². The van der Waals surface area contributed by atoms with E-state index in [0.29, 0.717) is 23.0 Å². The molecule has 0 saturated carbocycles. The number of methoxy groups -OCH3 is 5. The predicted octanol–water partition coefficient (Wildman–Crippen LogP) is 6.53. The van der Waals surface area contributed by atoms with Gasteiger partial charge in [0.25, 0.3) is 0 Å². The molecule has 0 fully saturated rings. The molecule has 0 aromatic heterocycles. The monoisotopic (exact) mass is 542 g/mol. The number of rotatable bonds is 9. The van der Waals surface area contributed by atoms with E-state index in [9.17, 15) is 10.2 Å². The molecule has 7 nitrogen and oxygen atoms in total. The Morgan fingerprint density at radius 3 is 1.68 bits per heavy atom. The summed E-state index contributed by atoms with van der Waals surface area (Å²) in [4.78, 5) is 0. The van der Waals surface area contributed by atoms with E-state index in [-0.39, 0.29) is 35.4 Å². The summed E-state index contributed by atoms with van der Waals surface area (Å²) in [6.07, 6.45) is -0.388. The van der Waals surface area contributed by atoms with Crippen molar-refractivity contribution < 1.29 is 33.9 Å². The fraction of sp³-hybridized carbons (Fsp3) is 0.273. The largest absolute Gasteiger partial charge is 0.508 e.